The monoisotopic (exact) mass is 638 g/mol. The van der Waals surface area contributed by atoms with Gasteiger partial charge < -0.3 is 0 Å². The van der Waals surface area contributed by atoms with Crippen molar-refractivity contribution in [1.82, 2.24) is 19.1 Å². The number of hydrogen-bond donors (Lipinski definition) is 0. The Morgan fingerprint density at radius 2 is 1.00 bits per heavy atom. The Kier molecular flexibility index (Phi) is 6.46. The van der Waals surface area contributed by atoms with Gasteiger partial charge in [0.05, 0.1) is 22.2 Å². The van der Waals surface area contributed by atoms with Crippen LogP contribution in [-0.2, 0) is 0 Å². The van der Waals surface area contributed by atoms with Crippen LogP contribution in [-0.4, -0.2) is 19.1 Å². The summed E-state index contributed by atoms with van der Waals surface area (Å²) in [6.07, 6.45) is 1.87. The van der Waals surface area contributed by atoms with Gasteiger partial charge in [-0.1, -0.05) is 115 Å². The number of hydrogen-bond acceptors (Lipinski definition) is 2. The molecule has 0 aliphatic rings. The number of fused-ring (bicyclic) bond motifs is 6. The SMILES string of the molecule is c1ccc(-c2cc(-c3ccccc3)nc(-n3c4ccccc4c4ccc(-c5ccc6c(c5)c5cccnc5n6-c5ccccc5)cc43)c2)cc1. The molecule has 10 aromatic rings. The fraction of sp³-hybridized carbons (Fsp3) is 0. The number of para-hydroxylation sites is 2. The Bertz CT molecular complexity index is 2790. The molecule has 0 saturated carbocycles. The molecule has 4 aromatic heterocycles. The molecule has 0 bridgehead atoms. The first-order valence-corrected chi connectivity index (χ1v) is 16.9. The molecule has 0 atom stereocenters. The highest BCUT2D eigenvalue weighted by molar-refractivity contribution is 6.12. The number of aromatic nitrogens is 4. The topological polar surface area (TPSA) is 35.6 Å². The standard InChI is InChI=1S/C46H30N4/c1-4-13-31(14-5-1)35-28-41(32-15-6-2-7-16-32)48-45(30-35)50-42-21-11-10-19-37(42)38-24-22-34(29-44(38)50)33-23-25-43-40(27-33)39-20-12-26-47-46(39)49(43)36-17-8-3-9-18-36/h1-30H. The van der Waals surface area contributed by atoms with Crippen LogP contribution in [0.25, 0.3) is 88.8 Å². The zero-order valence-electron chi connectivity index (χ0n) is 27.1. The average molecular weight is 639 g/mol. The van der Waals surface area contributed by atoms with Crippen molar-refractivity contribution in [2.75, 3.05) is 0 Å². The molecule has 50 heavy (non-hydrogen) atoms. The minimum Gasteiger partial charge on any atom is -0.294 e. The smallest absolute Gasteiger partial charge is 0.145 e. The van der Waals surface area contributed by atoms with E-state index in [0.29, 0.717) is 0 Å². The third kappa shape index (κ3) is 4.54. The third-order valence-corrected chi connectivity index (χ3v) is 9.77. The minimum atomic E-state index is 0.890. The van der Waals surface area contributed by atoms with E-state index in [1.54, 1.807) is 0 Å². The van der Waals surface area contributed by atoms with Crippen LogP contribution in [0.15, 0.2) is 182 Å². The molecule has 4 heterocycles. The van der Waals surface area contributed by atoms with Crippen molar-refractivity contribution in [3.05, 3.63) is 182 Å². The van der Waals surface area contributed by atoms with E-state index >= 15 is 0 Å². The maximum atomic E-state index is 5.33. The van der Waals surface area contributed by atoms with Crippen molar-refractivity contribution >= 4 is 43.7 Å². The van der Waals surface area contributed by atoms with Gasteiger partial charge in [0.2, 0.25) is 0 Å². The molecule has 0 spiro atoms. The van der Waals surface area contributed by atoms with Gasteiger partial charge in [0.25, 0.3) is 0 Å². The van der Waals surface area contributed by atoms with E-state index in [2.05, 4.69) is 167 Å². The quantitative estimate of drug-likeness (QED) is 0.188. The minimum absolute atomic E-state index is 0.890. The Morgan fingerprint density at radius 3 is 1.82 bits per heavy atom. The van der Waals surface area contributed by atoms with Crippen molar-refractivity contribution in [3.8, 4) is 45.0 Å². The fourth-order valence-corrected chi connectivity index (χ4v) is 7.45. The molecule has 0 saturated heterocycles. The maximum absolute atomic E-state index is 5.33. The average Bonchev–Trinajstić information content (AvgIpc) is 3.71. The highest BCUT2D eigenvalue weighted by Crippen LogP contribution is 2.38. The van der Waals surface area contributed by atoms with Crippen LogP contribution < -0.4 is 0 Å². The maximum Gasteiger partial charge on any atom is 0.145 e. The summed E-state index contributed by atoms with van der Waals surface area (Å²) in [6, 6.07) is 62.4. The van der Waals surface area contributed by atoms with E-state index in [4.69, 9.17) is 9.97 Å². The largest absolute Gasteiger partial charge is 0.294 e. The van der Waals surface area contributed by atoms with Crippen molar-refractivity contribution < 1.29 is 0 Å². The molecule has 0 fully saturated rings. The van der Waals surface area contributed by atoms with Gasteiger partial charge in [0.15, 0.2) is 0 Å². The molecule has 234 valence electrons. The summed E-state index contributed by atoms with van der Waals surface area (Å²) in [5.41, 5.74) is 12.1. The second kappa shape index (κ2) is 11.4. The van der Waals surface area contributed by atoms with Crippen molar-refractivity contribution in [2.45, 2.75) is 0 Å². The number of nitrogens with zero attached hydrogens (tertiary/aromatic N) is 4. The van der Waals surface area contributed by atoms with E-state index in [1.807, 2.05) is 24.4 Å². The van der Waals surface area contributed by atoms with E-state index in [9.17, 15) is 0 Å². The van der Waals surface area contributed by atoms with Gasteiger partial charge in [-0.15, -0.1) is 0 Å². The molecule has 6 aromatic carbocycles. The van der Waals surface area contributed by atoms with Crippen LogP contribution >= 0.6 is 0 Å². The van der Waals surface area contributed by atoms with E-state index in [0.717, 1.165) is 72.6 Å². The van der Waals surface area contributed by atoms with Crippen molar-refractivity contribution in [3.63, 3.8) is 0 Å². The van der Waals surface area contributed by atoms with Crippen molar-refractivity contribution in [2.24, 2.45) is 0 Å². The van der Waals surface area contributed by atoms with Gasteiger partial charge in [0, 0.05) is 39.0 Å². The summed E-state index contributed by atoms with van der Waals surface area (Å²) >= 11 is 0. The van der Waals surface area contributed by atoms with Gasteiger partial charge in [-0.2, -0.15) is 0 Å². The highest BCUT2D eigenvalue weighted by atomic mass is 15.1. The second-order valence-electron chi connectivity index (χ2n) is 12.7. The van der Waals surface area contributed by atoms with E-state index in [-0.39, 0.29) is 0 Å². The predicted octanol–water partition coefficient (Wildman–Crippen LogP) is 11.7. The zero-order chi connectivity index (χ0) is 33.0. The first-order chi connectivity index (χ1) is 24.8. The number of rotatable bonds is 5. The molecule has 0 N–H and O–H groups in total. The zero-order valence-corrected chi connectivity index (χ0v) is 27.1. The van der Waals surface area contributed by atoms with Gasteiger partial charge in [0.1, 0.15) is 11.5 Å². The molecule has 10 rings (SSSR count). The van der Waals surface area contributed by atoms with Gasteiger partial charge >= 0.3 is 0 Å². The summed E-state index contributed by atoms with van der Waals surface area (Å²) in [5.74, 6) is 0.890. The lowest BCUT2D eigenvalue weighted by Crippen LogP contribution is -2.00. The second-order valence-corrected chi connectivity index (χ2v) is 12.7. The van der Waals surface area contributed by atoms with Crippen LogP contribution in [0.5, 0.6) is 0 Å². The Morgan fingerprint density at radius 1 is 0.360 bits per heavy atom. The molecular formula is C46H30N4. The first kappa shape index (κ1) is 28.3. The predicted molar refractivity (Wildman–Crippen MR) is 207 cm³/mol. The lowest BCUT2D eigenvalue weighted by atomic mass is 10.0. The van der Waals surface area contributed by atoms with Crippen molar-refractivity contribution in [1.29, 1.82) is 0 Å². The number of benzene rings is 6. The van der Waals surface area contributed by atoms with Crippen LogP contribution in [0.4, 0.5) is 0 Å². The molecule has 4 heteroatoms. The van der Waals surface area contributed by atoms with Crippen LogP contribution in [0.1, 0.15) is 0 Å². The van der Waals surface area contributed by atoms with Crippen LogP contribution in [0.3, 0.4) is 0 Å². The Balaban J connectivity index is 1.20. The number of pyridine rings is 2. The fourth-order valence-electron chi connectivity index (χ4n) is 7.45. The molecule has 0 radical (unpaired) electrons. The molecule has 4 nitrogen and oxygen atoms in total. The molecular weight excluding hydrogens is 609 g/mol. The summed E-state index contributed by atoms with van der Waals surface area (Å²) in [6.45, 7) is 0. The summed E-state index contributed by atoms with van der Waals surface area (Å²) in [7, 11) is 0. The van der Waals surface area contributed by atoms with Crippen LogP contribution in [0.2, 0.25) is 0 Å². The van der Waals surface area contributed by atoms with Crippen LogP contribution in [0, 0.1) is 0 Å². The molecule has 0 aliphatic carbocycles. The lowest BCUT2D eigenvalue weighted by molar-refractivity contribution is 1.08. The summed E-state index contributed by atoms with van der Waals surface area (Å²) in [4.78, 5) is 10.2. The van der Waals surface area contributed by atoms with Gasteiger partial charge in [-0.3, -0.25) is 9.13 Å². The summed E-state index contributed by atoms with van der Waals surface area (Å²) in [5, 5.41) is 4.72. The van der Waals surface area contributed by atoms with E-state index in [1.165, 1.54) is 16.2 Å². The third-order valence-electron chi connectivity index (χ3n) is 9.77. The lowest BCUT2D eigenvalue weighted by Gasteiger charge is -2.13. The van der Waals surface area contributed by atoms with E-state index < -0.39 is 0 Å². The highest BCUT2D eigenvalue weighted by Gasteiger charge is 2.18. The Hall–Kier alpha value is -6.78. The van der Waals surface area contributed by atoms with Gasteiger partial charge in [-0.05, 0) is 82.9 Å². The normalized spacial score (nSPS) is 11.6. The van der Waals surface area contributed by atoms with Gasteiger partial charge in [-0.25, -0.2) is 9.97 Å². The first-order valence-electron chi connectivity index (χ1n) is 16.9. The molecule has 0 unspecified atom stereocenters. The Labute approximate surface area is 289 Å². The molecule has 0 amide bonds. The summed E-state index contributed by atoms with van der Waals surface area (Å²) < 4.78 is 4.59. The molecule has 0 aliphatic heterocycles.